The maximum atomic E-state index is 5.17. The molecule has 2 rings (SSSR count). The summed E-state index contributed by atoms with van der Waals surface area (Å²) in [6.45, 7) is 7.56. The first-order valence-corrected chi connectivity index (χ1v) is 7.40. The van der Waals surface area contributed by atoms with Gasteiger partial charge < -0.3 is 14.6 Å². The van der Waals surface area contributed by atoms with Gasteiger partial charge in [-0.25, -0.2) is 4.98 Å². The first-order chi connectivity index (χ1) is 9.11. The predicted octanol–water partition coefficient (Wildman–Crippen LogP) is 3.33. The minimum absolute atomic E-state index is 0.283. The highest BCUT2D eigenvalue weighted by Gasteiger charge is 2.26. The zero-order chi connectivity index (χ0) is 13.8. The number of hydrogen-bond donors (Lipinski definition) is 1. The van der Waals surface area contributed by atoms with E-state index in [1.165, 1.54) is 19.3 Å². The Bertz CT molecular complexity index is 390. The van der Waals surface area contributed by atoms with E-state index in [0.717, 1.165) is 17.8 Å². The van der Waals surface area contributed by atoms with Crippen molar-refractivity contribution in [2.24, 2.45) is 11.8 Å². The third kappa shape index (κ3) is 3.50. The van der Waals surface area contributed by atoms with Gasteiger partial charge in [-0.15, -0.1) is 0 Å². The summed E-state index contributed by atoms with van der Waals surface area (Å²) in [6.07, 6.45) is 7.83. The van der Waals surface area contributed by atoms with Crippen molar-refractivity contribution < 1.29 is 4.74 Å². The smallest absolute Gasteiger partial charge is 0.203 e. The second-order valence-electron chi connectivity index (χ2n) is 6.08. The minimum atomic E-state index is 0.283. The van der Waals surface area contributed by atoms with E-state index in [9.17, 15) is 0 Å². The Hall–Kier alpha value is -1.03. The SMILES string of the molecule is COCC(C)Nc1nccn1C1CCC(C)C(C)C1. The Labute approximate surface area is 116 Å². The first-order valence-electron chi connectivity index (χ1n) is 7.40. The Morgan fingerprint density at radius 1 is 1.42 bits per heavy atom. The van der Waals surface area contributed by atoms with E-state index in [4.69, 9.17) is 4.74 Å². The van der Waals surface area contributed by atoms with E-state index >= 15 is 0 Å². The lowest BCUT2D eigenvalue weighted by molar-refractivity contribution is 0.189. The molecule has 108 valence electrons. The zero-order valence-electron chi connectivity index (χ0n) is 12.6. The van der Waals surface area contributed by atoms with Gasteiger partial charge >= 0.3 is 0 Å². The van der Waals surface area contributed by atoms with Crippen LogP contribution in [0, 0.1) is 11.8 Å². The Kier molecular flexibility index (Phi) is 4.86. The van der Waals surface area contributed by atoms with Crippen molar-refractivity contribution in [3.63, 3.8) is 0 Å². The molecule has 0 aliphatic heterocycles. The monoisotopic (exact) mass is 265 g/mol. The highest BCUT2D eigenvalue weighted by molar-refractivity contribution is 5.28. The zero-order valence-corrected chi connectivity index (χ0v) is 12.6. The van der Waals surface area contributed by atoms with Gasteiger partial charge in [0.25, 0.3) is 0 Å². The van der Waals surface area contributed by atoms with Gasteiger partial charge in [-0.05, 0) is 38.0 Å². The van der Waals surface area contributed by atoms with Crippen LogP contribution < -0.4 is 5.32 Å². The van der Waals surface area contributed by atoms with E-state index in [1.807, 2.05) is 6.20 Å². The standard InChI is InChI=1S/C15H27N3O/c1-11-5-6-14(9-12(11)2)18-8-7-16-15(18)17-13(3)10-19-4/h7-8,11-14H,5-6,9-10H2,1-4H3,(H,16,17). The third-order valence-electron chi connectivity index (χ3n) is 4.42. The van der Waals surface area contributed by atoms with Gasteiger partial charge in [0, 0.05) is 31.6 Å². The van der Waals surface area contributed by atoms with E-state index in [2.05, 4.69) is 41.8 Å². The summed E-state index contributed by atoms with van der Waals surface area (Å²) in [6, 6.07) is 0.872. The number of nitrogens with zero attached hydrogens (tertiary/aromatic N) is 2. The lowest BCUT2D eigenvalue weighted by atomic mass is 9.79. The number of methoxy groups -OCH3 is 1. The molecule has 1 aliphatic rings. The quantitative estimate of drug-likeness (QED) is 0.887. The summed E-state index contributed by atoms with van der Waals surface area (Å²) in [7, 11) is 1.73. The largest absolute Gasteiger partial charge is 0.383 e. The van der Waals surface area contributed by atoms with Crippen molar-refractivity contribution in [3.05, 3.63) is 12.4 Å². The van der Waals surface area contributed by atoms with Crippen LogP contribution in [0.25, 0.3) is 0 Å². The van der Waals surface area contributed by atoms with Crippen LogP contribution in [-0.4, -0.2) is 29.3 Å². The van der Waals surface area contributed by atoms with Gasteiger partial charge in [-0.2, -0.15) is 0 Å². The van der Waals surface area contributed by atoms with E-state index in [-0.39, 0.29) is 6.04 Å². The summed E-state index contributed by atoms with van der Waals surface area (Å²) in [5.74, 6) is 2.63. The molecule has 4 nitrogen and oxygen atoms in total. The van der Waals surface area contributed by atoms with Crippen molar-refractivity contribution >= 4 is 5.95 Å². The number of hydrogen-bond acceptors (Lipinski definition) is 3. The maximum absolute atomic E-state index is 5.17. The highest BCUT2D eigenvalue weighted by atomic mass is 16.5. The average molecular weight is 265 g/mol. The number of aromatic nitrogens is 2. The molecule has 1 heterocycles. The molecule has 4 atom stereocenters. The lowest BCUT2D eigenvalue weighted by Gasteiger charge is -2.33. The Balaban J connectivity index is 2.03. The molecule has 1 aromatic rings. The topological polar surface area (TPSA) is 39.1 Å². The van der Waals surface area contributed by atoms with Crippen LogP contribution in [0.5, 0.6) is 0 Å². The van der Waals surface area contributed by atoms with Crippen LogP contribution in [0.3, 0.4) is 0 Å². The molecule has 0 aromatic carbocycles. The molecule has 0 bridgehead atoms. The molecule has 1 fully saturated rings. The molecule has 0 spiro atoms. The fourth-order valence-corrected chi connectivity index (χ4v) is 3.00. The molecule has 1 aromatic heterocycles. The molecule has 1 N–H and O–H groups in total. The Morgan fingerprint density at radius 2 is 2.21 bits per heavy atom. The van der Waals surface area contributed by atoms with Gasteiger partial charge in [-0.3, -0.25) is 0 Å². The molecule has 0 radical (unpaired) electrons. The van der Waals surface area contributed by atoms with Crippen molar-refractivity contribution in [2.75, 3.05) is 19.0 Å². The van der Waals surface area contributed by atoms with Gasteiger partial charge in [-0.1, -0.05) is 13.8 Å². The minimum Gasteiger partial charge on any atom is -0.383 e. The molecule has 1 aliphatic carbocycles. The van der Waals surface area contributed by atoms with Crippen molar-refractivity contribution in [3.8, 4) is 0 Å². The number of imidazole rings is 1. The van der Waals surface area contributed by atoms with Gasteiger partial charge in [0.1, 0.15) is 0 Å². The van der Waals surface area contributed by atoms with E-state index in [1.54, 1.807) is 7.11 Å². The predicted molar refractivity (Wildman–Crippen MR) is 78.4 cm³/mol. The fourth-order valence-electron chi connectivity index (χ4n) is 3.00. The summed E-state index contributed by atoms with van der Waals surface area (Å²) >= 11 is 0. The second kappa shape index (κ2) is 6.42. The average Bonchev–Trinajstić information content (AvgIpc) is 2.81. The van der Waals surface area contributed by atoms with Crippen LogP contribution in [-0.2, 0) is 4.74 Å². The van der Waals surface area contributed by atoms with Crippen LogP contribution in [0.1, 0.15) is 46.1 Å². The van der Waals surface area contributed by atoms with Crippen LogP contribution in [0.4, 0.5) is 5.95 Å². The van der Waals surface area contributed by atoms with Crippen LogP contribution in [0.15, 0.2) is 12.4 Å². The molecule has 19 heavy (non-hydrogen) atoms. The normalized spacial score (nSPS) is 29.2. The molecule has 1 saturated carbocycles. The second-order valence-corrected chi connectivity index (χ2v) is 6.08. The lowest BCUT2D eigenvalue weighted by Crippen LogP contribution is -2.27. The number of nitrogens with one attached hydrogen (secondary N) is 1. The third-order valence-corrected chi connectivity index (χ3v) is 4.42. The molecule has 0 amide bonds. The molecular formula is C15H27N3O. The van der Waals surface area contributed by atoms with Crippen LogP contribution in [0.2, 0.25) is 0 Å². The summed E-state index contributed by atoms with van der Waals surface area (Å²) in [4.78, 5) is 4.45. The first kappa shape index (κ1) is 14.4. The van der Waals surface area contributed by atoms with Crippen molar-refractivity contribution in [1.29, 1.82) is 0 Å². The van der Waals surface area contributed by atoms with E-state index < -0.39 is 0 Å². The number of ether oxygens (including phenoxy) is 1. The Morgan fingerprint density at radius 3 is 2.89 bits per heavy atom. The van der Waals surface area contributed by atoms with E-state index in [0.29, 0.717) is 12.6 Å². The summed E-state index contributed by atoms with van der Waals surface area (Å²) in [5.41, 5.74) is 0. The summed E-state index contributed by atoms with van der Waals surface area (Å²) < 4.78 is 7.48. The maximum Gasteiger partial charge on any atom is 0.203 e. The van der Waals surface area contributed by atoms with Gasteiger partial charge in [0.2, 0.25) is 5.95 Å². The molecule has 4 unspecified atom stereocenters. The number of anilines is 1. The molecular weight excluding hydrogens is 238 g/mol. The van der Waals surface area contributed by atoms with Gasteiger partial charge in [0.05, 0.1) is 6.61 Å². The summed E-state index contributed by atoms with van der Waals surface area (Å²) in [5, 5.41) is 3.44. The van der Waals surface area contributed by atoms with Crippen molar-refractivity contribution in [1.82, 2.24) is 9.55 Å². The van der Waals surface area contributed by atoms with Gasteiger partial charge in [0.15, 0.2) is 0 Å². The van der Waals surface area contributed by atoms with Crippen molar-refractivity contribution in [2.45, 2.75) is 52.1 Å². The highest BCUT2D eigenvalue weighted by Crippen LogP contribution is 2.37. The number of rotatable bonds is 5. The van der Waals surface area contributed by atoms with Crippen LogP contribution >= 0.6 is 0 Å². The fraction of sp³-hybridized carbons (Fsp3) is 0.800. The molecule has 0 saturated heterocycles. The molecule has 4 heteroatoms.